The van der Waals surface area contributed by atoms with Crippen molar-refractivity contribution in [2.24, 2.45) is 5.92 Å². The topological polar surface area (TPSA) is 85.3 Å². The summed E-state index contributed by atoms with van der Waals surface area (Å²) in [5.74, 6) is 0.199. The van der Waals surface area contributed by atoms with Crippen molar-refractivity contribution in [3.05, 3.63) is 29.8 Å². The molecule has 0 aromatic heterocycles. The summed E-state index contributed by atoms with van der Waals surface area (Å²) >= 11 is 0. The van der Waals surface area contributed by atoms with Crippen LogP contribution in [0.1, 0.15) is 52.5 Å². The number of carboxylic acid groups (broad SMARTS) is 1. The summed E-state index contributed by atoms with van der Waals surface area (Å²) in [6, 6.07) is 7.27. The van der Waals surface area contributed by atoms with Crippen molar-refractivity contribution in [3.8, 4) is 5.75 Å². The second-order valence-corrected chi connectivity index (χ2v) is 7.62. The Labute approximate surface area is 180 Å². The highest BCUT2D eigenvalue weighted by Crippen LogP contribution is 2.15. The van der Waals surface area contributed by atoms with Gasteiger partial charge in [-0.25, -0.2) is 9.59 Å². The number of hydrogen-bond acceptors (Lipinski definition) is 5. The Balaban J connectivity index is 2.54. The lowest BCUT2D eigenvalue weighted by molar-refractivity contribution is -0.149. The lowest BCUT2D eigenvalue weighted by Crippen LogP contribution is -2.36. The molecule has 0 saturated heterocycles. The van der Waals surface area contributed by atoms with E-state index in [-0.39, 0.29) is 6.09 Å². The van der Waals surface area contributed by atoms with E-state index in [1.54, 1.807) is 24.0 Å². The van der Waals surface area contributed by atoms with Crippen LogP contribution in [0.15, 0.2) is 24.3 Å². The normalized spacial score (nSPS) is 11.9. The minimum absolute atomic E-state index is 0.293. The first-order chi connectivity index (χ1) is 14.4. The average molecular weight is 424 g/mol. The maximum absolute atomic E-state index is 12.3. The molecule has 0 spiro atoms. The molecule has 1 amide bonds. The van der Waals surface area contributed by atoms with Crippen LogP contribution in [0.3, 0.4) is 0 Å². The van der Waals surface area contributed by atoms with Gasteiger partial charge in [0.15, 0.2) is 6.10 Å². The van der Waals surface area contributed by atoms with E-state index in [1.165, 1.54) is 0 Å². The number of amides is 1. The van der Waals surface area contributed by atoms with Crippen LogP contribution in [0.2, 0.25) is 0 Å². The Morgan fingerprint density at radius 3 is 2.33 bits per heavy atom. The lowest BCUT2D eigenvalue weighted by atomic mass is 10.1. The molecule has 170 valence electrons. The first-order valence-corrected chi connectivity index (χ1v) is 10.8. The Kier molecular flexibility index (Phi) is 12.6. The molecule has 7 heteroatoms. The molecular weight excluding hydrogens is 386 g/mol. The molecule has 0 saturated carbocycles. The van der Waals surface area contributed by atoms with Crippen molar-refractivity contribution in [3.63, 3.8) is 0 Å². The molecule has 1 atom stereocenters. The molecule has 0 bridgehead atoms. The number of hydrogen-bond donors (Lipinski definition) is 1. The Bertz CT molecular complexity index is 617. The van der Waals surface area contributed by atoms with E-state index in [0.29, 0.717) is 51.0 Å². The molecule has 30 heavy (non-hydrogen) atoms. The molecule has 0 radical (unpaired) electrons. The van der Waals surface area contributed by atoms with Gasteiger partial charge in [-0.3, -0.25) is 0 Å². The lowest BCUT2D eigenvalue weighted by Gasteiger charge is -2.23. The maximum atomic E-state index is 12.3. The number of unbranched alkanes of at least 4 members (excludes halogenated alkanes) is 1. The quantitative estimate of drug-likeness (QED) is 0.421. The molecule has 1 aromatic rings. The van der Waals surface area contributed by atoms with E-state index in [2.05, 4.69) is 20.8 Å². The van der Waals surface area contributed by atoms with Crippen LogP contribution in [0, 0.1) is 5.92 Å². The molecule has 0 aliphatic carbocycles. The Morgan fingerprint density at radius 2 is 1.77 bits per heavy atom. The van der Waals surface area contributed by atoms with Crippen molar-refractivity contribution in [1.82, 2.24) is 4.90 Å². The monoisotopic (exact) mass is 423 g/mol. The van der Waals surface area contributed by atoms with E-state index < -0.39 is 12.1 Å². The van der Waals surface area contributed by atoms with Gasteiger partial charge in [0.05, 0.1) is 13.2 Å². The predicted octanol–water partition coefficient (Wildman–Crippen LogP) is 4.38. The first-order valence-electron chi connectivity index (χ1n) is 10.8. The summed E-state index contributed by atoms with van der Waals surface area (Å²) in [5, 5.41) is 9.19. The van der Waals surface area contributed by atoms with Gasteiger partial charge in [0.2, 0.25) is 0 Å². The minimum atomic E-state index is -0.968. The molecule has 0 aliphatic heterocycles. The summed E-state index contributed by atoms with van der Waals surface area (Å²) in [6.07, 6.45) is 1.90. The van der Waals surface area contributed by atoms with Crippen LogP contribution in [-0.2, 0) is 20.7 Å². The Hall–Kier alpha value is -2.28. The van der Waals surface area contributed by atoms with Gasteiger partial charge < -0.3 is 24.2 Å². The number of carboxylic acids is 1. The number of benzene rings is 1. The van der Waals surface area contributed by atoms with Crippen LogP contribution in [0.5, 0.6) is 5.75 Å². The smallest absolute Gasteiger partial charge is 0.409 e. The van der Waals surface area contributed by atoms with Crippen molar-refractivity contribution in [1.29, 1.82) is 0 Å². The summed E-state index contributed by atoms with van der Waals surface area (Å²) in [7, 11) is 0. The van der Waals surface area contributed by atoms with Gasteiger partial charge in [0, 0.05) is 19.6 Å². The minimum Gasteiger partial charge on any atom is -0.492 e. The third-order valence-electron chi connectivity index (χ3n) is 4.58. The highest BCUT2D eigenvalue weighted by molar-refractivity contribution is 5.72. The van der Waals surface area contributed by atoms with Crippen molar-refractivity contribution in [2.75, 3.05) is 32.9 Å². The highest BCUT2D eigenvalue weighted by atomic mass is 16.6. The van der Waals surface area contributed by atoms with Gasteiger partial charge >= 0.3 is 12.1 Å². The number of aliphatic carboxylic acids is 1. The zero-order valence-electron chi connectivity index (χ0n) is 18.8. The fourth-order valence-corrected chi connectivity index (χ4v) is 2.73. The molecule has 0 heterocycles. The summed E-state index contributed by atoms with van der Waals surface area (Å²) in [4.78, 5) is 25.2. The zero-order chi connectivity index (χ0) is 22.4. The summed E-state index contributed by atoms with van der Waals surface area (Å²) < 4.78 is 16.4. The SMILES string of the molecule is CCCCOC(=O)N(CCOc1ccc(CC(OCC)C(=O)O)cc1)CCC(C)C. The molecular formula is C23H37NO6. The number of carbonyl (C=O) groups is 2. The number of ether oxygens (including phenoxy) is 3. The number of rotatable bonds is 15. The average Bonchev–Trinajstić information content (AvgIpc) is 2.71. The van der Waals surface area contributed by atoms with Gasteiger partial charge in [-0.15, -0.1) is 0 Å². The predicted molar refractivity (Wildman–Crippen MR) is 116 cm³/mol. The van der Waals surface area contributed by atoms with Gasteiger partial charge in [0.1, 0.15) is 12.4 Å². The zero-order valence-corrected chi connectivity index (χ0v) is 18.8. The van der Waals surface area contributed by atoms with Crippen LogP contribution < -0.4 is 4.74 Å². The van der Waals surface area contributed by atoms with E-state index in [9.17, 15) is 14.7 Å². The molecule has 0 fully saturated rings. The third kappa shape index (κ3) is 10.5. The van der Waals surface area contributed by atoms with E-state index in [0.717, 1.165) is 24.8 Å². The Morgan fingerprint density at radius 1 is 1.07 bits per heavy atom. The van der Waals surface area contributed by atoms with E-state index in [4.69, 9.17) is 14.2 Å². The third-order valence-corrected chi connectivity index (χ3v) is 4.58. The largest absolute Gasteiger partial charge is 0.492 e. The molecule has 7 nitrogen and oxygen atoms in total. The van der Waals surface area contributed by atoms with Gasteiger partial charge in [0.25, 0.3) is 0 Å². The van der Waals surface area contributed by atoms with Gasteiger partial charge in [-0.1, -0.05) is 39.3 Å². The highest BCUT2D eigenvalue weighted by Gasteiger charge is 2.18. The second-order valence-electron chi connectivity index (χ2n) is 7.62. The molecule has 1 rings (SSSR count). The fraction of sp³-hybridized carbons (Fsp3) is 0.652. The van der Waals surface area contributed by atoms with Crippen molar-refractivity contribution < 1.29 is 28.9 Å². The maximum Gasteiger partial charge on any atom is 0.409 e. The van der Waals surface area contributed by atoms with E-state index in [1.807, 2.05) is 12.1 Å². The van der Waals surface area contributed by atoms with Crippen molar-refractivity contribution >= 4 is 12.1 Å². The van der Waals surface area contributed by atoms with Crippen molar-refractivity contribution in [2.45, 2.75) is 59.5 Å². The standard InChI is InChI=1S/C23H37NO6/c1-5-7-15-30-23(27)24(13-12-18(3)4)14-16-29-20-10-8-19(9-11-20)17-21(22(25)26)28-6-2/h8-11,18,21H,5-7,12-17H2,1-4H3,(H,25,26). The van der Waals surface area contributed by atoms with Crippen LogP contribution in [-0.4, -0.2) is 61.1 Å². The molecule has 1 aromatic carbocycles. The van der Waals surface area contributed by atoms with Gasteiger partial charge in [-0.05, 0) is 43.4 Å². The van der Waals surface area contributed by atoms with Crippen LogP contribution in [0.25, 0.3) is 0 Å². The first kappa shape index (κ1) is 25.8. The second kappa shape index (κ2) is 14.7. The fourth-order valence-electron chi connectivity index (χ4n) is 2.73. The summed E-state index contributed by atoms with van der Waals surface area (Å²) in [6.45, 7) is 10.3. The van der Waals surface area contributed by atoms with E-state index >= 15 is 0 Å². The molecule has 1 unspecified atom stereocenters. The summed E-state index contributed by atoms with van der Waals surface area (Å²) in [5.41, 5.74) is 0.862. The van der Waals surface area contributed by atoms with Crippen LogP contribution in [0.4, 0.5) is 4.79 Å². The van der Waals surface area contributed by atoms with Crippen LogP contribution >= 0.6 is 0 Å². The van der Waals surface area contributed by atoms with Gasteiger partial charge in [-0.2, -0.15) is 0 Å². The molecule has 1 N–H and O–H groups in total. The number of carbonyl (C=O) groups excluding carboxylic acids is 1. The number of nitrogens with zero attached hydrogens (tertiary/aromatic N) is 1. The molecule has 0 aliphatic rings.